The lowest BCUT2D eigenvalue weighted by molar-refractivity contribution is -0.155. The lowest BCUT2D eigenvalue weighted by Gasteiger charge is -2.34. The van der Waals surface area contributed by atoms with E-state index in [0.717, 1.165) is 6.42 Å². The molecule has 2 saturated heterocycles. The third-order valence-corrected chi connectivity index (χ3v) is 5.18. The summed E-state index contributed by atoms with van der Waals surface area (Å²) in [5, 5.41) is 6.98. The van der Waals surface area contributed by atoms with Gasteiger partial charge in [0.2, 0.25) is 11.8 Å². The van der Waals surface area contributed by atoms with Gasteiger partial charge in [-0.15, -0.1) is 0 Å². The topological polar surface area (TPSA) is 93.5 Å². The van der Waals surface area contributed by atoms with Gasteiger partial charge in [0.25, 0.3) is 0 Å². The Balaban J connectivity index is 1.41. The van der Waals surface area contributed by atoms with Crippen LogP contribution in [0.15, 0.2) is 12.3 Å². The average molecular weight is 332 g/mol. The first-order valence-electron chi connectivity index (χ1n) is 8.29. The highest BCUT2D eigenvalue weighted by molar-refractivity contribution is 5.97. The summed E-state index contributed by atoms with van der Waals surface area (Å²) in [6.07, 6.45) is 4.72. The van der Waals surface area contributed by atoms with Gasteiger partial charge in [-0.25, -0.2) is 0 Å². The standard InChI is InChI=1S/C16H20N4O4/c1-19-8-4-12(18-19)16(5-6-16)15(23)24-9-10-14(22)20-7-2-3-11(20)13(21)17-10/h4,8,10-11H,2-3,5-7,9H2,1H3,(H,17,21)/t10-,11-/m0/s1. The van der Waals surface area contributed by atoms with E-state index in [1.165, 1.54) is 0 Å². The fourth-order valence-corrected chi connectivity index (χ4v) is 3.60. The zero-order valence-corrected chi connectivity index (χ0v) is 13.5. The molecule has 0 unspecified atom stereocenters. The molecule has 4 rings (SSSR count). The van der Waals surface area contributed by atoms with Crippen LogP contribution in [-0.2, 0) is 31.6 Å². The van der Waals surface area contributed by atoms with Crippen molar-refractivity contribution in [3.63, 3.8) is 0 Å². The Labute approximate surface area is 139 Å². The molecule has 1 aromatic heterocycles. The largest absolute Gasteiger partial charge is 0.462 e. The number of aromatic nitrogens is 2. The summed E-state index contributed by atoms with van der Waals surface area (Å²) in [5.74, 6) is -0.682. The number of esters is 1. The second kappa shape index (κ2) is 5.32. The molecule has 1 N–H and O–H groups in total. The van der Waals surface area contributed by atoms with Crippen LogP contribution >= 0.6 is 0 Å². The van der Waals surface area contributed by atoms with Crippen LogP contribution in [0.1, 0.15) is 31.4 Å². The van der Waals surface area contributed by atoms with E-state index in [1.807, 2.05) is 6.07 Å². The Bertz CT molecular complexity index is 709. The van der Waals surface area contributed by atoms with E-state index in [4.69, 9.17) is 4.74 Å². The van der Waals surface area contributed by atoms with E-state index < -0.39 is 11.5 Å². The number of hydrogen-bond acceptors (Lipinski definition) is 5. The molecule has 8 nitrogen and oxygen atoms in total. The van der Waals surface area contributed by atoms with Crippen molar-refractivity contribution in [3.05, 3.63) is 18.0 Å². The van der Waals surface area contributed by atoms with E-state index in [9.17, 15) is 14.4 Å². The lowest BCUT2D eigenvalue weighted by atomic mass is 10.0. The molecule has 8 heteroatoms. The Morgan fingerprint density at radius 2 is 2.25 bits per heavy atom. The van der Waals surface area contributed by atoms with Crippen LogP contribution in [-0.4, -0.2) is 57.7 Å². The number of amides is 2. The molecule has 2 amide bonds. The second-order valence-corrected chi connectivity index (χ2v) is 6.81. The first-order valence-corrected chi connectivity index (χ1v) is 8.29. The summed E-state index contributed by atoms with van der Waals surface area (Å²) in [5.41, 5.74) is 0.0210. The lowest BCUT2D eigenvalue weighted by Crippen LogP contribution is -2.62. The fourth-order valence-electron chi connectivity index (χ4n) is 3.60. The number of piperazine rings is 1. The summed E-state index contributed by atoms with van der Waals surface area (Å²) < 4.78 is 7.04. The van der Waals surface area contributed by atoms with Crippen molar-refractivity contribution in [2.75, 3.05) is 13.2 Å². The normalized spacial score (nSPS) is 27.6. The van der Waals surface area contributed by atoms with E-state index in [-0.39, 0.29) is 30.4 Å². The minimum absolute atomic E-state index is 0.124. The van der Waals surface area contributed by atoms with Crippen LogP contribution in [0.5, 0.6) is 0 Å². The maximum Gasteiger partial charge on any atom is 0.318 e. The number of carbonyl (C=O) groups excluding carboxylic acids is 3. The zero-order chi connectivity index (χ0) is 16.9. The molecule has 0 aromatic carbocycles. The van der Waals surface area contributed by atoms with Crippen molar-refractivity contribution < 1.29 is 19.1 Å². The highest BCUT2D eigenvalue weighted by Gasteiger charge is 2.55. The monoisotopic (exact) mass is 332 g/mol. The Morgan fingerprint density at radius 1 is 1.46 bits per heavy atom. The zero-order valence-electron chi connectivity index (χ0n) is 13.5. The number of nitrogens with zero attached hydrogens (tertiary/aromatic N) is 3. The minimum atomic E-state index is -0.782. The van der Waals surface area contributed by atoms with E-state index in [0.29, 0.717) is 31.5 Å². The van der Waals surface area contributed by atoms with Crippen molar-refractivity contribution in [2.24, 2.45) is 7.05 Å². The van der Waals surface area contributed by atoms with Crippen LogP contribution in [0.3, 0.4) is 0 Å². The Morgan fingerprint density at radius 3 is 2.92 bits per heavy atom. The molecule has 3 fully saturated rings. The highest BCUT2D eigenvalue weighted by atomic mass is 16.5. The van der Waals surface area contributed by atoms with Crippen LogP contribution in [0.2, 0.25) is 0 Å². The smallest absolute Gasteiger partial charge is 0.318 e. The number of fused-ring (bicyclic) bond motifs is 1. The number of carbonyl (C=O) groups is 3. The molecule has 1 aromatic rings. The number of hydrogen-bond donors (Lipinski definition) is 1. The molecule has 3 heterocycles. The van der Waals surface area contributed by atoms with Gasteiger partial charge in [0.05, 0.1) is 5.69 Å². The molecule has 3 aliphatic rings. The van der Waals surface area contributed by atoms with Gasteiger partial charge < -0.3 is 15.0 Å². The quantitative estimate of drug-likeness (QED) is 0.749. The minimum Gasteiger partial charge on any atom is -0.462 e. The van der Waals surface area contributed by atoms with Crippen LogP contribution < -0.4 is 5.32 Å². The van der Waals surface area contributed by atoms with Gasteiger partial charge in [0.1, 0.15) is 24.1 Å². The summed E-state index contributed by atoms with van der Waals surface area (Å²) in [7, 11) is 1.80. The number of ether oxygens (including phenoxy) is 1. The van der Waals surface area contributed by atoms with Gasteiger partial charge in [-0.3, -0.25) is 19.1 Å². The van der Waals surface area contributed by atoms with Crippen molar-refractivity contribution in [2.45, 2.75) is 43.2 Å². The van der Waals surface area contributed by atoms with Crippen LogP contribution in [0.4, 0.5) is 0 Å². The van der Waals surface area contributed by atoms with Gasteiger partial charge in [-0.05, 0) is 31.7 Å². The molecule has 1 aliphatic carbocycles. The predicted molar refractivity (Wildman–Crippen MR) is 81.7 cm³/mol. The second-order valence-electron chi connectivity index (χ2n) is 6.81. The molecule has 2 atom stereocenters. The maximum atomic E-state index is 12.5. The van der Waals surface area contributed by atoms with Gasteiger partial charge in [0, 0.05) is 19.8 Å². The van der Waals surface area contributed by atoms with Crippen molar-refractivity contribution in [3.8, 4) is 0 Å². The number of rotatable bonds is 4. The highest BCUT2D eigenvalue weighted by Crippen LogP contribution is 2.48. The van der Waals surface area contributed by atoms with Crippen molar-refractivity contribution in [1.29, 1.82) is 0 Å². The van der Waals surface area contributed by atoms with Crippen LogP contribution in [0, 0.1) is 0 Å². The molecule has 24 heavy (non-hydrogen) atoms. The van der Waals surface area contributed by atoms with Crippen molar-refractivity contribution >= 4 is 17.8 Å². The summed E-state index contributed by atoms with van der Waals surface area (Å²) in [6, 6.07) is 0.680. The van der Waals surface area contributed by atoms with Gasteiger partial charge >= 0.3 is 5.97 Å². The first kappa shape index (κ1) is 15.2. The van der Waals surface area contributed by atoms with E-state index >= 15 is 0 Å². The van der Waals surface area contributed by atoms with Crippen LogP contribution in [0.25, 0.3) is 0 Å². The molecular formula is C16H20N4O4. The molecule has 2 aliphatic heterocycles. The third kappa shape index (κ3) is 2.28. The summed E-state index contributed by atoms with van der Waals surface area (Å²) >= 11 is 0. The van der Waals surface area contributed by atoms with E-state index in [1.54, 1.807) is 22.8 Å². The summed E-state index contributed by atoms with van der Waals surface area (Å²) in [4.78, 5) is 38.5. The summed E-state index contributed by atoms with van der Waals surface area (Å²) in [6.45, 7) is 0.473. The predicted octanol–water partition coefficient (Wildman–Crippen LogP) is -0.516. The van der Waals surface area contributed by atoms with E-state index in [2.05, 4.69) is 10.4 Å². The molecule has 1 saturated carbocycles. The molecule has 0 radical (unpaired) electrons. The van der Waals surface area contributed by atoms with Crippen molar-refractivity contribution in [1.82, 2.24) is 20.0 Å². The third-order valence-electron chi connectivity index (χ3n) is 5.18. The SMILES string of the molecule is Cn1ccc(C2(C(=O)OC[C@@H]3NC(=O)[C@@H]4CCCN4C3=O)CC2)n1. The van der Waals surface area contributed by atoms with Gasteiger partial charge in [-0.1, -0.05) is 0 Å². The number of aryl methyl sites for hydroxylation is 1. The number of nitrogens with one attached hydrogen (secondary N) is 1. The Hall–Kier alpha value is -2.38. The molecule has 0 bridgehead atoms. The molecule has 0 spiro atoms. The first-order chi connectivity index (χ1) is 11.5. The molecular weight excluding hydrogens is 312 g/mol. The maximum absolute atomic E-state index is 12.5. The Kier molecular flexibility index (Phi) is 3.36. The van der Waals surface area contributed by atoms with Gasteiger partial charge in [0.15, 0.2) is 0 Å². The fraction of sp³-hybridized carbons (Fsp3) is 0.625. The average Bonchev–Trinajstić information content (AvgIpc) is 3.01. The van der Waals surface area contributed by atoms with Gasteiger partial charge in [-0.2, -0.15) is 5.10 Å². The molecule has 128 valence electrons.